The SMILES string of the molecule is COCCSc1ccc(C(C)N)cc1F. The number of rotatable bonds is 5. The van der Waals surface area contributed by atoms with E-state index in [9.17, 15) is 4.39 Å². The second-order valence-corrected chi connectivity index (χ2v) is 4.46. The van der Waals surface area contributed by atoms with Gasteiger partial charge in [-0.2, -0.15) is 0 Å². The standard InChI is InChI=1S/C11H16FNOS/c1-8(13)9-3-4-11(10(12)7-9)15-6-5-14-2/h3-4,7-8H,5-6,13H2,1-2H3. The molecule has 0 fully saturated rings. The van der Waals surface area contributed by atoms with Crippen LogP contribution in [0.5, 0.6) is 0 Å². The Bertz CT molecular complexity index is 317. The molecule has 0 amide bonds. The van der Waals surface area contributed by atoms with Crippen LogP contribution in [0.4, 0.5) is 4.39 Å². The zero-order valence-electron chi connectivity index (χ0n) is 9.00. The molecule has 0 radical (unpaired) electrons. The van der Waals surface area contributed by atoms with Crippen LogP contribution in [-0.2, 0) is 4.74 Å². The molecular formula is C11H16FNOS. The van der Waals surface area contributed by atoms with Crippen LogP contribution in [0.2, 0.25) is 0 Å². The van der Waals surface area contributed by atoms with E-state index < -0.39 is 0 Å². The first kappa shape index (κ1) is 12.5. The third-order valence-corrected chi connectivity index (χ3v) is 3.04. The van der Waals surface area contributed by atoms with Crippen LogP contribution in [0.25, 0.3) is 0 Å². The van der Waals surface area contributed by atoms with E-state index >= 15 is 0 Å². The summed E-state index contributed by atoms with van der Waals surface area (Å²) in [7, 11) is 1.64. The summed E-state index contributed by atoms with van der Waals surface area (Å²) >= 11 is 1.45. The van der Waals surface area contributed by atoms with Crippen molar-refractivity contribution in [2.45, 2.75) is 17.9 Å². The minimum Gasteiger partial charge on any atom is -0.384 e. The highest BCUT2D eigenvalue weighted by atomic mass is 32.2. The average molecular weight is 229 g/mol. The summed E-state index contributed by atoms with van der Waals surface area (Å²) in [6, 6.07) is 5.01. The molecule has 1 atom stereocenters. The highest BCUT2D eigenvalue weighted by Gasteiger charge is 2.06. The van der Waals surface area contributed by atoms with Crippen molar-refractivity contribution >= 4 is 11.8 Å². The molecule has 0 spiro atoms. The second kappa shape index (κ2) is 6.10. The van der Waals surface area contributed by atoms with Gasteiger partial charge in [-0.25, -0.2) is 4.39 Å². The number of halogens is 1. The van der Waals surface area contributed by atoms with E-state index in [1.54, 1.807) is 13.2 Å². The maximum atomic E-state index is 13.5. The molecular weight excluding hydrogens is 213 g/mol. The molecule has 0 aliphatic rings. The van der Waals surface area contributed by atoms with E-state index in [2.05, 4.69) is 0 Å². The van der Waals surface area contributed by atoms with Gasteiger partial charge in [0.05, 0.1) is 6.61 Å². The summed E-state index contributed by atoms with van der Waals surface area (Å²) < 4.78 is 18.4. The van der Waals surface area contributed by atoms with Crippen molar-refractivity contribution in [2.24, 2.45) is 5.73 Å². The number of benzene rings is 1. The molecule has 1 aromatic carbocycles. The zero-order valence-corrected chi connectivity index (χ0v) is 9.81. The van der Waals surface area contributed by atoms with Crippen LogP contribution in [0.3, 0.4) is 0 Å². The van der Waals surface area contributed by atoms with Gasteiger partial charge >= 0.3 is 0 Å². The first-order valence-corrected chi connectivity index (χ1v) is 5.80. The molecule has 1 aromatic rings. The highest BCUT2D eigenvalue weighted by Crippen LogP contribution is 2.24. The number of ether oxygens (including phenoxy) is 1. The van der Waals surface area contributed by atoms with Crippen molar-refractivity contribution in [2.75, 3.05) is 19.5 Å². The molecule has 1 rings (SSSR count). The first-order chi connectivity index (χ1) is 7.15. The van der Waals surface area contributed by atoms with Crippen LogP contribution < -0.4 is 5.73 Å². The molecule has 4 heteroatoms. The van der Waals surface area contributed by atoms with Gasteiger partial charge in [0.15, 0.2) is 0 Å². The van der Waals surface area contributed by atoms with E-state index in [0.29, 0.717) is 11.5 Å². The van der Waals surface area contributed by atoms with Gasteiger partial charge in [-0.05, 0) is 24.6 Å². The van der Waals surface area contributed by atoms with E-state index in [0.717, 1.165) is 11.3 Å². The van der Waals surface area contributed by atoms with Gasteiger partial charge in [-0.15, -0.1) is 11.8 Å². The Hall–Kier alpha value is -0.580. The van der Waals surface area contributed by atoms with E-state index in [-0.39, 0.29) is 11.9 Å². The molecule has 0 heterocycles. The molecule has 0 saturated carbocycles. The zero-order chi connectivity index (χ0) is 11.3. The Morgan fingerprint density at radius 3 is 2.80 bits per heavy atom. The Balaban J connectivity index is 2.66. The van der Waals surface area contributed by atoms with Gasteiger partial charge < -0.3 is 10.5 Å². The van der Waals surface area contributed by atoms with Gasteiger partial charge in [0.2, 0.25) is 0 Å². The van der Waals surface area contributed by atoms with Crippen molar-refractivity contribution in [3.8, 4) is 0 Å². The van der Waals surface area contributed by atoms with Crippen molar-refractivity contribution in [1.82, 2.24) is 0 Å². The van der Waals surface area contributed by atoms with Gasteiger partial charge in [0, 0.05) is 23.8 Å². The van der Waals surface area contributed by atoms with Crippen LogP contribution in [0.15, 0.2) is 23.1 Å². The number of hydrogen-bond acceptors (Lipinski definition) is 3. The first-order valence-electron chi connectivity index (χ1n) is 4.82. The summed E-state index contributed by atoms with van der Waals surface area (Å²) in [6.45, 7) is 2.46. The number of nitrogens with two attached hydrogens (primary N) is 1. The fourth-order valence-electron chi connectivity index (χ4n) is 1.15. The van der Waals surface area contributed by atoms with Crippen molar-refractivity contribution in [3.63, 3.8) is 0 Å². The lowest BCUT2D eigenvalue weighted by atomic mass is 10.1. The quantitative estimate of drug-likeness (QED) is 0.622. The van der Waals surface area contributed by atoms with Gasteiger partial charge in [0.25, 0.3) is 0 Å². The molecule has 0 aliphatic heterocycles. The fraction of sp³-hybridized carbons (Fsp3) is 0.455. The monoisotopic (exact) mass is 229 g/mol. The average Bonchev–Trinajstić information content (AvgIpc) is 2.20. The predicted octanol–water partition coefficient (Wildman–Crippen LogP) is 2.58. The van der Waals surface area contributed by atoms with Gasteiger partial charge in [0.1, 0.15) is 5.82 Å². The van der Waals surface area contributed by atoms with Gasteiger partial charge in [-0.3, -0.25) is 0 Å². The summed E-state index contributed by atoms with van der Waals surface area (Å²) in [4.78, 5) is 0.649. The second-order valence-electron chi connectivity index (χ2n) is 3.32. The molecule has 15 heavy (non-hydrogen) atoms. The third-order valence-electron chi connectivity index (χ3n) is 2.03. The Kier molecular flexibility index (Phi) is 5.08. The molecule has 0 aromatic heterocycles. The highest BCUT2D eigenvalue weighted by molar-refractivity contribution is 7.99. The smallest absolute Gasteiger partial charge is 0.137 e. The molecule has 2 nitrogen and oxygen atoms in total. The lowest BCUT2D eigenvalue weighted by molar-refractivity contribution is 0.218. The Morgan fingerprint density at radius 2 is 2.27 bits per heavy atom. The summed E-state index contributed by atoms with van der Waals surface area (Å²) in [5.41, 5.74) is 6.48. The summed E-state index contributed by atoms with van der Waals surface area (Å²) in [5, 5.41) is 0. The van der Waals surface area contributed by atoms with Crippen LogP contribution in [0.1, 0.15) is 18.5 Å². The largest absolute Gasteiger partial charge is 0.384 e. The third kappa shape index (κ3) is 3.81. The van der Waals surface area contributed by atoms with E-state index in [4.69, 9.17) is 10.5 Å². The normalized spacial score (nSPS) is 12.8. The number of hydrogen-bond donors (Lipinski definition) is 1. The summed E-state index contributed by atoms with van der Waals surface area (Å²) in [6.07, 6.45) is 0. The number of methoxy groups -OCH3 is 1. The topological polar surface area (TPSA) is 35.2 Å². The molecule has 1 unspecified atom stereocenters. The molecule has 2 N–H and O–H groups in total. The lowest BCUT2D eigenvalue weighted by Crippen LogP contribution is -2.05. The molecule has 0 bridgehead atoms. The van der Waals surface area contributed by atoms with Crippen LogP contribution in [-0.4, -0.2) is 19.5 Å². The van der Waals surface area contributed by atoms with E-state index in [1.165, 1.54) is 17.8 Å². The molecule has 0 saturated heterocycles. The Morgan fingerprint density at radius 1 is 1.53 bits per heavy atom. The fourth-order valence-corrected chi connectivity index (χ4v) is 1.98. The predicted molar refractivity (Wildman–Crippen MR) is 61.6 cm³/mol. The molecule has 0 aliphatic carbocycles. The van der Waals surface area contributed by atoms with Crippen LogP contribution in [0, 0.1) is 5.82 Å². The van der Waals surface area contributed by atoms with Crippen molar-refractivity contribution < 1.29 is 9.13 Å². The van der Waals surface area contributed by atoms with Crippen LogP contribution >= 0.6 is 11.8 Å². The number of thioether (sulfide) groups is 1. The molecule has 84 valence electrons. The van der Waals surface area contributed by atoms with Gasteiger partial charge in [-0.1, -0.05) is 6.07 Å². The summed E-state index contributed by atoms with van der Waals surface area (Å²) in [5.74, 6) is 0.552. The van der Waals surface area contributed by atoms with Crippen molar-refractivity contribution in [3.05, 3.63) is 29.6 Å². The van der Waals surface area contributed by atoms with Crippen molar-refractivity contribution in [1.29, 1.82) is 0 Å². The maximum Gasteiger partial charge on any atom is 0.137 e. The Labute approximate surface area is 94.0 Å². The van der Waals surface area contributed by atoms with E-state index in [1.807, 2.05) is 13.0 Å². The lowest BCUT2D eigenvalue weighted by Gasteiger charge is -2.08. The minimum atomic E-state index is -0.203. The minimum absolute atomic E-state index is 0.127. The maximum absolute atomic E-state index is 13.5.